The zero-order valence-corrected chi connectivity index (χ0v) is 30.9. The first-order valence-electron chi connectivity index (χ1n) is 17.8. The van der Waals surface area contributed by atoms with Gasteiger partial charge in [-0.05, 0) is 45.1 Å². The van der Waals surface area contributed by atoms with E-state index in [0.717, 1.165) is 25.0 Å². The van der Waals surface area contributed by atoms with E-state index < -0.39 is 31.5 Å². The highest BCUT2D eigenvalue weighted by atomic mass is 32.2. The summed E-state index contributed by atoms with van der Waals surface area (Å²) in [5.41, 5.74) is 0. The van der Waals surface area contributed by atoms with Gasteiger partial charge >= 0.3 is 31.5 Å². The number of nitrogens with zero attached hydrogens (tertiary/aromatic N) is 4. The maximum absolute atomic E-state index is 12.5. The van der Waals surface area contributed by atoms with E-state index >= 15 is 0 Å². The topological polar surface area (TPSA) is 253 Å². The molecule has 3 heterocycles. The molecule has 0 spiro atoms. The monoisotopic (exact) mass is 765 g/mol. The summed E-state index contributed by atoms with van der Waals surface area (Å²) in [6.45, 7) is 2.66. The number of hydrogen-bond acceptors (Lipinski definition) is 11. The average Bonchev–Trinajstić information content (AvgIpc) is 3.59. The van der Waals surface area contributed by atoms with Gasteiger partial charge in [-0.25, -0.2) is 4.79 Å². The number of aliphatic carboxylic acids is 3. The van der Waals surface area contributed by atoms with Crippen molar-refractivity contribution in [3.05, 3.63) is 0 Å². The molecule has 0 saturated carbocycles. The van der Waals surface area contributed by atoms with Crippen LogP contribution in [-0.2, 0) is 23.7 Å². The molecule has 20 heteroatoms. The Labute approximate surface area is 303 Å². The van der Waals surface area contributed by atoms with Gasteiger partial charge in [0.25, 0.3) is 0 Å². The van der Waals surface area contributed by atoms with Crippen molar-refractivity contribution in [1.29, 1.82) is 0 Å². The predicted octanol–water partition coefficient (Wildman–Crippen LogP) is -0.589. The van der Waals surface area contributed by atoms with Crippen LogP contribution in [0.1, 0.15) is 51.4 Å². The van der Waals surface area contributed by atoms with Gasteiger partial charge in [-0.2, -0.15) is 11.8 Å². The molecule has 3 aliphatic rings. The number of rotatable bonds is 20. The molecule has 51 heavy (non-hydrogen) atoms. The Morgan fingerprint density at radius 2 is 1.43 bits per heavy atom. The van der Waals surface area contributed by atoms with E-state index in [1.165, 1.54) is 0 Å². The van der Waals surface area contributed by atoms with Crippen molar-refractivity contribution in [2.45, 2.75) is 74.7 Å². The second-order valence-corrected chi connectivity index (χ2v) is 16.6. The summed E-state index contributed by atoms with van der Waals surface area (Å²) in [4.78, 5) is 85.4. The zero-order valence-electron chi connectivity index (χ0n) is 29.2. The standard InChI is InChI=1S/C31H56N7O11PS/c39-26(8-2-1-7-25-29-23(22-51-25)33-31(46)34-29)32-9-4-3-6-24(30(44)45)38-17-15-36(20-27(40)41)13-11-35(10-5-19-50(47,48)49)12-14-37(16-18-38)21-28(42)43/h23-25,29H,1-22H2,(H,32,39)(H,40,41)(H,42,43)(H,44,45)(H2,33,34,46)(H2,47,48,49)/t23-,24?,25-,29-/m1/s1. The van der Waals surface area contributed by atoms with E-state index in [-0.39, 0.29) is 75.9 Å². The van der Waals surface area contributed by atoms with Crippen molar-refractivity contribution in [1.82, 2.24) is 35.6 Å². The number of fused-ring (bicyclic) bond motifs is 1. The van der Waals surface area contributed by atoms with Crippen molar-refractivity contribution >= 4 is 49.2 Å². The van der Waals surface area contributed by atoms with Gasteiger partial charge in [-0.15, -0.1) is 0 Å². The van der Waals surface area contributed by atoms with Crippen LogP contribution in [-0.4, -0.2) is 188 Å². The molecule has 0 radical (unpaired) electrons. The van der Waals surface area contributed by atoms with E-state index in [9.17, 15) is 53.6 Å². The van der Waals surface area contributed by atoms with E-state index in [1.807, 2.05) is 16.7 Å². The number of carboxylic acid groups (broad SMARTS) is 3. The molecule has 3 amide bonds. The molecule has 3 fully saturated rings. The molecule has 0 aromatic heterocycles. The van der Waals surface area contributed by atoms with Crippen LogP contribution < -0.4 is 16.0 Å². The first-order valence-corrected chi connectivity index (χ1v) is 20.6. The van der Waals surface area contributed by atoms with Gasteiger partial charge in [0.2, 0.25) is 5.91 Å². The number of unbranched alkanes of at least 4 members (excludes halogenated alkanes) is 2. The van der Waals surface area contributed by atoms with Gasteiger partial charge < -0.3 is 46.0 Å². The van der Waals surface area contributed by atoms with Gasteiger partial charge in [-0.3, -0.25) is 38.4 Å². The summed E-state index contributed by atoms with van der Waals surface area (Å²) >= 11 is 1.85. The van der Waals surface area contributed by atoms with Crippen molar-refractivity contribution < 1.29 is 53.6 Å². The first-order chi connectivity index (χ1) is 24.2. The molecular formula is C31H56N7O11PS. The van der Waals surface area contributed by atoms with E-state index in [0.29, 0.717) is 70.2 Å². The lowest BCUT2D eigenvalue weighted by atomic mass is 10.0. The molecule has 0 aromatic rings. The Morgan fingerprint density at radius 1 is 0.824 bits per heavy atom. The van der Waals surface area contributed by atoms with E-state index in [4.69, 9.17) is 0 Å². The fourth-order valence-corrected chi connectivity index (χ4v) is 8.90. The number of carboxylic acids is 3. The molecule has 292 valence electrons. The Kier molecular flexibility index (Phi) is 18.4. The summed E-state index contributed by atoms with van der Waals surface area (Å²) in [5.74, 6) is -2.26. The maximum Gasteiger partial charge on any atom is 0.325 e. The van der Waals surface area contributed by atoms with Crippen molar-refractivity contribution in [3.63, 3.8) is 0 Å². The third kappa shape index (κ3) is 16.8. The number of amides is 3. The molecule has 3 aliphatic heterocycles. The first kappa shape index (κ1) is 42.9. The van der Waals surface area contributed by atoms with Crippen LogP contribution in [0.15, 0.2) is 0 Å². The van der Waals surface area contributed by atoms with Gasteiger partial charge in [0, 0.05) is 76.3 Å². The number of nitrogens with one attached hydrogen (secondary N) is 3. The summed E-state index contributed by atoms with van der Waals surface area (Å²) in [6.07, 6.45) is 4.27. The minimum absolute atomic E-state index is 0.0574. The fourth-order valence-electron chi connectivity index (χ4n) is 6.80. The SMILES string of the molecule is O=C(O)CN1CCN(CCCP(=O)(O)O)CCN(CC(=O)O)CCN(C(CCCCNC(=O)CCCC[C@H]2SC[C@H]3NC(=O)N[C@H]32)C(=O)O)CC1. The van der Waals surface area contributed by atoms with Crippen LogP contribution in [0.2, 0.25) is 0 Å². The fraction of sp³-hybridized carbons (Fsp3) is 0.839. The summed E-state index contributed by atoms with van der Waals surface area (Å²) in [5, 5.41) is 38.4. The summed E-state index contributed by atoms with van der Waals surface area (Å²) in [6, 6.07) is -0.679. The molecule has 1 unspecified atom stereocenters. The normalized spacial score (nSPS) is 23.7. The Hall–Kier alpha value is -2.51. The van der Waals surface area contributed by atoms with Gasteiger partial charge in [0.1, 0.15) is 6.04 Å². The average molecular weight is 766 g/mol. The smallest absolute Gasteiger partial charge is 0.325 e. The lowest BCUT2D eigenvalue weighted by Gasteiger charge is -2.35. The van der Waals surface area contributed by atoms with Crippen LogP contribution in [0.5, 0.6) is 0 Å². The highest BCUT2D eigenvalue weighted by molar-refractivity contribution is 8.00. The molecular weight excluding hydrogens is 709 g/mol. The summed E-state index contributed by atoms with van der Waals surface area (Å²) < 4.78 is 11.4. The minimum atomic E-state index is -4.18. The number of hydrogen-bond donors (Lipinski definition) is 8. The number of carbonyl (C=O) groups excluding carboxylic acids is 2. The molecule has 0 aliphatic carbocycles. The highest BCUT2D eigenvalue weighted by Crippen LogP contribution is 2.35. The maximum atomic E-state index is 12.5. The van der Waals surface area contributed by atoms with Gasteiger partial charge in [0.05, 0.1) is 31.3 Å². The second kappa shape index (κ2) is 21.9. The van der Waals surface area contributed by atoms with Crippen molar-refractivity contribution in [2.75, 3.05) is 90.5 Å². The Morgan fingerprint density at radius 3 is 2.02 bits per heavy atom. The van der Waals surface area contributed by atoms with Crippen LogP contribution >= 0.6 is 19.4 Å². The van der Waals surface area contributed by atoms with Gasteiger partial charge in [0.15, 0.2) is 0 Å². The van der Waals surface area contributed by atoms with Crippen LogP contribution in [0, 0.1) is 0 Å². The number of carbonyl (C=O) groups is 5. The van der Waals surface area contributed by atoms with Crippen LogP contribution in [0.25, 0.3) is 0 Å². The number of urea groups is 1. The number of thioether (sulfide) groups is 1. The quantitative estimate of drug-likeness (QED) is 0.0438. The molecule has 3 saturated heterocycles. The third-order valence-corrected chi connectivity index (χ3v) is 12.0. The molecule has 4 atom stereocenters. The molecule has 0 bridgehead atoms. The van der Waals surface area contributed by atoms with Crippen LogP contribution in [0.3, 0.4) is 0 Å². The second-order valence-electron chi connectivity index (χ2n) is 13.5. The van der Waals surface area contributed by atoms with Crippen molar-refractivity contribution in [3.8, 4) is 0 Å². The molecule has 0 aromatic carbocycles. The summed E-state index contributed by atoms with van der Waals surface area (Å²) in [7, 11) is -4.18. The lowest BCUT2D eigenvalue weighted by molar-refractivity contribution is -0.145. The highest BCUT2D eigenvalue weighted by Gasteiger charge is 2.42. The predicted molar refractivity (Wildman–Crippen MR) is 190 cm³/mol. The minimum Gasteiger partial charge on any atom is -0.480 e. The Balaban J connectivity index is 1.48. The molecule has 8 N–H and O–H groups in total. The van der Waals surface area contributed by atoms with E-state index in [1.54, 1.807) is 14.7 Å². The largest absolute Gasteiger partial charge is 0.480 e. The van der Waals surface area contributed by atoms with Gasteiger partial charge in [-0.1, -0.05) is 6.42 Å². The van der Waals surface area contributed by atoms with Crippen molar-refractivity contribution in [2.24, 2.45) is 0 Å². The lowest BCUT2D eigenvalue weighted by Crippen LogP contribution is -2.51. The van der Waals surface area contributed by atoms with E-state index in [2.05, 4.69) is 16.0 Å². The zero-order chi connectivity index (χ0) is 37.4. The molecule has 3 rings (SSSR count). The molecule has 18 nitrogen and oxygen atoms in total. The third-order valence-electron chi connectivity index (χ3n) is 9.55. The van der Waals surface area contributed by atoms with Crippen LogP contribution in [0.4, 0.5) is 4.79 Å². The Bertz CT molecular complexity index is 1180.